The second-order valence-corrected chi connectivity index (χ2v) is 8.12. The summed E-state index contributed by atoms with van der Waals surface area (Å²) < 4.78 is 1.67. The molecule has 0 amide bonds. The molecular weight excluding hydrogens is 430 g/mol. The summed E-state index contributed by atoms with van der Waals surface area (Å²) in [5.74, 6) is 1.19. The van der Waals surface area contributed by atoms with Crippen molar-refractivity contribution in [3.63, 3.8) is 0 Å². The van der Waals surface area contributed by atoms with Crippen molar-refractivity contribution >= 4 is 33.6 Å². The molecule has 1 saturated heterocycles. The number of fused-ring (bicyclic) bond motifs is 2. The molecule has 10 nitrogen and oxygen atoms in total. The first kappa shape index (κ1) is 20.3. The zero-order valence-electron chi connectivity index (χ0n) is 18.4. The van der Waals surface area contributed by atoms with Crippen LogP contribution in [0.2, 0.25) is 0 Å². The van der Waals surface area contributed by atoms with Gasteiger partial charge in [-0.05, 0) is 30.3 Å². The fourth-order valence-corrected chi connectivity index (χ4v) is 4.36. The van der Waals surface area contributed by atoms with Crippen molar-refractivity contribution < 1.29 is 0 Å². The van der Waals surface area contributed by atoms with Crippen LogP contribution >= 0.6 is 0 Å². The van der Waals surface area contributed by atoms with Crippen LogP contribution in [0.5, 0.6) is 0 Å². The van der Waals surface area contributed by atoms with Crippen LogP contribution in [0.25, 0.3) is 27.8 Å². The number of nitrogens with one attached hydrogen (secondary N) is 3. The minimum Gasteiger partial charge on any atom is -0.369 e. The van der Waals surface area contributed by atoms with Gasteiger partial charge in [0.1, 0.15) is 17.7 Å². The molecule has 1 aliphatic rings. The lowest BCUT2D eigenvalue weighted by Gasteiger charge is -2.29. The van der Waals surface area contributed by atoms with Gasteiger partial charge in [0.25, 0.3) is 5.56 Å². The lowest BCUT2D eigenvalue weighted by atomic mass is 10.1. The molecule has 0 spiro atoms. The predicted octanol–water partition coefficient (Wildman–Crippen LogP) is 2.07. The number of aromatic amines is 1. The third-order valence-corrected chi connectivity index (χ3v) is 6.05. The smallest absolute Gasteiger partial charge is 0.266 e. The van der Waals surface area contributed by atoms with Gasteiger partial charge in [0, 0.05) is 31.9 Å². The van der Waals surface area contributed by atoms with Crippen molar-refractivity contribution in [2.75, 3.05) is 36.4 Å². The lowest BCUT2D eigenvalue weighted by Crippen LogP contribution is -2.43. The van der Waals surface area contributed by atoms with Gasteiger partial charge in [0.2, 0.25) is 0 Å². The van der Waals surface area contributed by atoms with Crippen LogP contribution < -0.4 is 21.1 Å². The first-order valence-electron chi connectivity index (χ1n) is 11.2. The molecule has 3 aromatic heterocycles. The second-order valence-electron chi connectivity index (χ2n) is 8.12. The van der Waals surface area contributed by atoms with Gasteiger partial charge in [-0.15, -0.1) is 0 Å². The zero-order valence-corrected chi connectivity index (χ0v) is 18.4. The number of benzene rings is 2. The SMILES string of the molecule is O=c1c2cc(N3CCNCC3)ccc2nc(CNc2ncnc3nc[nH]c23)n1-c1ccccc1. The van der Waals surface area contributed by atoms with E-state index in [0.29, 0.717) is 40.3 Å². The molecule has 6 rings (SSSR count). The molecule has 0 radical (unpaired) electrons. The van der Waals surface area contributed by atoms with Crippen molar-refractivity contribution in [1.29, 1.82) is 0 Å². The van der Waals surface area contributed by atoms with Crippen molar-refractivity contribution in [2.45, 2.75) is 6.54 Å². The first-order valence-corrected chi connectivity index (χ1v) is 11.2. The minimum atomic E-state index is -0.0978. The van der Waals surface area contributed by atoms with E-state index in [1.54, 1.807) is 10.9 Å². The second kappa shape index (κ2) is 8.56. The Morgan fingerprint density at radius 1 is 0.971 bits per heavy atom. The summed E-state index contributed by atoms with van der Waals surface area (Å²) in [7, 11) is 0. The van der Waals surface area contributed by atoms with Gasteiger partial charge in [-0.3, -0.25) is 9.36 Å². The third kappa shape index (κ3) is 3.63. The number of anilines is 2. The standard InChI is InChI=1S/C24H23N9O/c34-24-18-12-17(32-10-8-25-9-11-32)6-7-19(18)31-20(33(24)16-4-2-1-3-5-16)13-26-22-21-23(28-14-27-21)30-15-29-22/h1-7,12,14-15,25H,8-11,13H2,(H2,26,27,28,29,30). The number of aromatic nitrogens is 6. The molecule has 2 aromatic carbocycles. The van der Waals surface area contributed by atoms with Crippen molar-refractivity contribution in [3.8, 4) is 5.69 Å². The van der Waals surface area contributed by atoms with Crippen LogP contribution in [0.15, 0.2) is 66.0 Å². The van der Waals surface area contributed by atoms with Gasteiger partial charge in [-0.1, -0.05) is 18.2 Å². The molecule has 4 heterocycles. The van der Waals surface area contributed by atoms with Crippen LogP contribution in [0.4, 0.5) is 11.5 Å². The summed E-state index contributed by atoms with van der Waals surface area (Å²) in [6.07, 6.45) is 3.04. The van der Waals surface area contributed by atoms with E-state index in [0.717, 1.165) is 37.6 Å². The van der Waals surface area contributed by atoms with Crippen LogP contribution in [0.3, 0.4) is 0 Å². The summed E-state index contributed by atoms with van der Waals surface area (Å²) in [6, 6.07) is 15.5. The van der Waals surface area contributed by atoms with E-state index in [-0.39, 0.29) is 5.56 Å². The average Bonchev–Trinajstić information content (AvgIpc) is 3.38. The first-order chi connectivity index (χ1) is 16.8. The fraction of sp³-hybridized carbons (Fsp3) is 0.208. The molecule has 5 aromatic rings. The van der Waals surface area contributed by atoms with Crippen LogP contribution in [-0.2, 0) is 6.54 Å². The highest BCUT2D eigenvalue weighted by atomic mass is 16.1. The summed E-state index contributed by atoms with van der Waals surface area (Å²) >= 11 is 0. The van der Waals surface area contributed by atoms with Gasteiger partial charge < -0.3 is 20.5 Å². The van der Waals surface area contributed by atoms with E-state index in [2.05, 4.69) is 35.5 Å². The molecule has 0 aliphatic carbocycles. The molecule has 0 saturated carbocycles. The topological polar surface area (TPSA) is 117 Å². The average molecular weight is 454 g/mol. The van der Waals surface area contributed by atoms with Crippen molar-refractivity contribution in [1.82, 2.24) is 34.8 Å². The van der Waals surface area contributed by atoms with E-state index in [1.165, 1.54) is 6.33 Å². The summed E-state index contributed by atoms with van der Waals surface area (Å²) in [5, 5.41) is 7.26. The van der Waals surface area contributed by atoms with Gasteiger partial charge in [0.05, 0.1) is 29.5 Å². The normalized spacial score (nSPS) is 14.1. The number of hydrogen-bond acceptors (Lipinski definition) is 8. The molecule has 3 N–H and O–H groups in total. The highest BCUT2D eigenvalue weighted by molar-refractivity contribution is 5.83. The highest BCUT2D eigenvalue weighted by Crippen LogP contribution is 2.22. The fourth-order valence-electron chi connectivity index (χ4n) is 4.36. The number of nitrogens with zero attached hydrogens (tertiary/aromatic N) is 6. The molecule has 1 aliphatic heterocycles. The Morgan fingerprint density at radius 2 is 1.82 bits per heavy atom. The Bertz CT molecular complexity index is 1520. The van der Waals surface area contributed by atoms with Gasteiger partial charge >= 0.3 is 0 Å². The van der Waals surface area contributed by atoms with Crippen molar-refractivity contribution in [3.05, 3.63) is 77.4 Å². The summed E-state index contributed by atoms with van der Waals surface area (Å²) in [4.78, 5) is 36.7. The monoisotopic (exact) mass is 453 g/mol. The Balaban J connectivity index is 1.44. The maximum atomic E-state index is 13.8. The van der Waals surface area contributed by atoms with Gasteiger partial charge in [0.15, 0.2) is 11.5 Å². The number of H-pyrrole nitrogens is 1. The molecule has 170 valence electrons. The largest absolute Gasteiger partial charge is 0.369 e. The van der Waals surface area contributed by atoms with Crippen molar-refractivity contribution in [2.24, 2.45) is 0 Å². The quantitative estimate of drug-likeness (QED) is 0.370. The Labute approximate surface area is 194 Å². The van der Waals surface area contributed by atoms with Crippen LogP contribution in [-0.4, -0.2) is 55.7 Å². The molecule has 0 atom stereocenters. The van der Waals surface area contributed by atoms with E-state index in [1.807, 2.05) is 48.5 Å². The number of rotatable bonds is 5. The number of hydrogen-bond donors (Lipinski definition) is 3. The van der Waals surface area contributed by atoms with Crippen LogP contribution in [0.1, 0.15) is 5.82 Å². The van der Waals surface area contributed by atoms with E-state index in [4.69, 9.17) is 4.98 Å². The van der Waals surface area contributed by atoms with Gasteiger partial charge in [-0.25, -0.2) is 19.9 Å². The number of para-hydroxylation sites is 1. The Morgan fingerprint density at radius 3 is 2.68 bits per heavy atom. The van der Waals surface area contributed by atoms with E-state index < -0.39 is 0 Å². The molecule has 0 unspecified atom stereocenters. The summed E-state index contributed by atoms with van der Waals surface area (Å²) in [5.41, 5.74) is 3.66. The number of imidazole rings is 1. The summed E-state index contributed by atoms with van der Waals surface area (Å²) in [6.45, 7) is 3.98. The maximum absolute atomic E-state index is 13.8. The van der Waals surface area contributed by atoms with E-state index in [9.17, 15) is 4.79 Å². The Hall–Kier alpha value is -4.31. The Kier molecular flexibility index (Phi) is 5.11. The molecule has 10 heteroatoms. The molecule has 34 heavy (non-hydrogen) atoms. The lowest BCUT2D eigenvalue weighted by molar-refractivity contribution is 0.589. The molecular formula is C24H23N9O. The number of piperazine rings is 1. The van der Waals surface area contributed by atoms with Gasteiger partial charge in [-0.2, -0.15) is 0 Å². The molecule has 0 bridgehead atoms. The maximum Gasteiger partial charge on any atom is 0.266 e. The molecule has 1 fully saturated rings. The van der Waals surface area contributed by atoms with Crippen LogP contribution in [0, 0.1) is 0 Å². The predicted molar refractivity (Wildman–Crippen MR) is 131 cm³/mol. The van der Waals surface area contributed by atoms with E-state index >= 15 is 0 Å². The minimum absolute atomic E-state index is 0.0978. The highest BCUT2D eigenvalue weighted by Gasteiger charge is 2.17. The third-order valence-electron chi connectivity index (χ3n) is 6.05. The zero-order chi connectivity index (χ0) is 22.9.